The second-order valence-corrected chi connectivity index (χ2v) is 17.0. The largest absolute Gasteiger partial charge is 0.417 e. The molecule has 0 aliphatic rings. The third-order valence-electron chi connectivity index (χ3n) is 11.5. The number of hydrogen-bond acceptors (Lipinski definition) is 6. The van der Waals surface area contributed by atoms with Gasteiger partial charge in [0.2, 0.25) is 0 Å². The molecule has 0 radical (unpaired) electrons. The van der Waals surface area contributed by atoms with Crippen molar-refractivity contribution in [3.05, 3.63) is 189 Å². The molecule has 4 amide bonds. The highest BCUT2D eigenvalue weighted by Crippen LogP contribution is 2.47. The van der Waals surface area contributed by atoms with Crippen molar-refractivity contribution < 1.29 is 98.2 Å². The van der Waals surface area contributed by atoms with Gasteiger partial charge in [0.25, 0.3) is 23.6 Å². The Bertz CT molecular complexity index is 3350. The minimum absolute atomic E-state index is 0.189. The molecule has 0 atom stereocenters. The Morgan fingerprint density at radius 1 is 0.275 bits per heavy atom. The fourth-order valence-corrected chi connectivity index (χ4v) is 7.93. The molecular formula is C52H30F18N6O4. The average Bonchev–Trinajstić information content (AvgIpc) is 3.43. The fraction of sp³-hybridized carbons (Fsp3) is 0.115. The van der Waals surface area contributed by atoms with Gasteiger partial charge in [0.15, 0.2) is 0 Å². The number of carbonyl (C=O) groups is 4. The molecule has 0 aromatic heterocycles. The number of rotatable bonds is 10. The van der Waals surface area contributed by atoms with E-state index in [0.717, 1.165) is 48.5 Å². The Hall–Kier alpha value is -9.24. The van der Waals surface area contributed by atoms with E-state index in [1.165, 1.54) is 0 Å². The van der Waals surface area contributed by atoms with Gasteiger partial charge in [-0.05, 0) is 131 Å². The molecule has 80 heavy (non-hydrogen) atoms. The highest BCUT2D eigenvalue weighted by molar-refractivity contribution is 6.08. The van der Waals surface area contributed by atoms with Crippen LogP contribution in [0.3, 0.4) is 0 Å². The molecule has 0 saturated heterocycles. The molecule has 0 saturated carbocycles. The first-order valence-corrected chi connectivity index (χ1v) is 22.0. The monoisotopic (exact) mass is 1140 g/mol. The first-order valence-electron chi connectivity index (χ1n) is 22.0. The van der Waals surface area contributed by atoms with E-state index in [1.807, 2.05) is 10.6 Å². The van der Waals surface area contributed by atoms with Crippen LogP contribution >= 0.6 is 0 Å². The van der Waals surface area contributed by atoms with Gasteiger partial charge in [0, 0.05) is 45.3 Å². The number of nitrogens with two attached hydrogens (primary N) is 2. The lowest BCUT2D eigenvalue weighted by Crippen LogP contribution is -2.19. The Kier molecular flexibility index (Phi) is 15.5. The van der Waals surface area contributed by atoms with Gasteiger partial charge in [0.1, 0.15) is 0 Å². The summed E-state index contributed by atoms with van der Waals surface area (Å²) in [5.41, 5.74) is -10.2. The third-order valence-corrected chi connectivity index (χ3v) is 11.5. The van der Waals surface area contributed by atoms with E-state index >= 15 is 0 Å². The second-order valence-electron chi connectivity index (χ2n) is 17.0. The fourth-order valence-electron chi connectivity index (χ4n) is 7.93. The Labute approximate surface area is 436 Å². The maximum absolute atomic E-state index is 14.5. The van der Waals surface area contributed by atoms with Gasteiger partial charge in [-0.15, -0.1) is 0 Å². The number of amides is 4. The van der Waals surface area contributed by atoms with Crippen LogP contribution in [0.5, 0.6) is 0 Å². The van der Waals surface area contributed by atoms with E-state index < -0.39 is 162 Å². The quantitative estimate of drug-likeness (QED) is 0.0589. The first-order chi connectivity index (χ1) is 36.9. The summed E-state index contributed by atoms with van der Waals surface area (Å²) in [6.45, 7) is 0. The second kappa shape index (κ2) is 21.2. The lowest BCUT2D eigenvalue weighted by Gasteiger charge is -2.20. The standard InChI is InChI=1S/C52H30F18N6O4/c53-47(54,55)37-17-25(71)5-11-35(37)45(79)75-29-9-15-33(41(21-29)51(65,66)67)31-13-7-27(19-39(31)49(59,60)61)73-43(77)23-1-2-24(4-3-23)44(78)74-28-8-14-32(40(20-28)50(62,63)64)34-16-10-30(22-42(34)52(68,69)70)76-46(80)36-12-6-26(72)18-38(36)48(56,57)58/h1-22H,71-72H2,(H,73,77)(H,74,78)(H,75,79)(H,76,80). The van der Waals surface area contributed by atoms with E-state index in [0.29, 0.717) is 60.7 Å². The van der Waals surface area contributed by atoms with Crippen molar-refractivity contribution in [2.45, 2.75) is 37.1 Å². The normalized spacial score (nSPS) is 12.4. The lowest BCUT2D eigenvalue weighted by molar-refractivity contribution is -0.139. The molecule has 0 bridgehead atoms. The molecule has 8 N–H and O–H groups in total. The predicted octanol–water partition coefficient (Wildman–Crippen LogP) is 15.3. The van der Waals surface area contributed by atoms with Gasteiger partial charge in [-0.3, -0.25) is 19.2 Å². The predicted molar refractivity (Wildman–Crippen MR) is 254 cm³/mol. The van der Waals surface area contributed by atoms with Crippen LogP contribution in [0, 0.1) is 0 Å². The van der Waals surface area contributed by atoms with Gasteiger partial charge in [-0.2, -0.15) is 79.0 Å². The van der Waals surface area contributed by atoms with Crippen LogP contribution in [0.2, 0.25) is 0 Å². The van der Waals surface area contributed by atoms with Crippen molar-refractivity contribution in [3.63, 3.8) is 0 Å². The molecule has 10 nitrogen and oxygen atoms in total. The van der Waals surface area contributed by atoms with Crippen molar-refractivity contribution in [1.29, 1.82) is 0 Å². The van der Waals surface area contributed by atoms with E-state index in [-0.39, 0.29) is 35.4 Å². The zero-order valence-electron chi connectivity index (χ0n) is 39.3. The Balaban J connectivity index is 1.09. The number of benzene rings is 7. The van der Waals surface area contributed by atoms with Crippen LogP contribution in [-0.4, -0.2) is 23.6 Å². The molecule has 28 heteroatoms. The van der Waals surface area contributed by atoms with Gasteiger partial charge >= 0.3 is 37.1 Å². The molecule has 0 spiro atoms. The zero-order chi connectivity index (χ0) is 59.2. The van der Waals surface area contributed by atoms with E-state index in [4.69, 9.17) is 11.5 Å². The van der Waals surface area contributed by atoms with Gasteiger partial charge < -0.3 is 32.7 Å². The van der Waals surface area contributed by atoms with E-state index in [2.05, 4.69) is 10.6 Å². The summed E-state index contributed by atoms with van der Waals surface area (Å²) in [6, 6.07) is 13.7. The van der Waals surface area contributed by atoms with Gasteiger partial charge in [-0.25, -0.2) is 0 Å². The highest BCUT2D eigenvalue weighted by Gasteiger charge is 2.42. The maximum Gasteiger partial charge on any atom is 0.417 e. The Morgan fingerprint density at radius 3 is 0.725 bits per heavy atom. The van der Waals surface area contributed by atoms with Crippen LogP contribution in [0.15, 0.2) is 133 Å². The number of alkyl halides is 18. The molecule has 0 aliphatic heterocycles. The van der Waals surface area contributed by atoms with E-state index in [1.54, 1.807) is 0 Å². The zero-order valence-corrected chi connectivity index (χ0v) is 39.3. The van der Waals surface area contributed by atoms with Crippen LogP contribution in [0.1, 0.15) is 74.8 Å². The summed E-state index contributed by atoms with van der Waals surface area (Å²) in [5, 5.41) is 7.90. The van der Waals surface area contributed by atoms with Crippen LogP contribution < -0.4 is 32.7 Å². The van der Waals surface area contributed by atoms with Crippen molar-refractivity contribution >= 4 is 57.8 Å². The topological polar surface area (TPSA) is 168 Å². The number of carbonyl (C=O) groups excluding carboxylic acids is 4. The van der Waals surface area contributed by atoms with Crippen molar-refractivity contribution in [2.24, 2.45) is 0 Å². The summed E-state index contributed by atoms with van der Waals surface area (Å²) < 4.78 is 255. The molecule has 0 aliphatic carbocycles. The third kappa shape index (κ3) is 13.2. The molecule has 418 valence electrons. The number of hydrogen-bond donors (Lipinski definition) is 6. The van der Waals surface area contributed by atoms with Crippen molar-refractivity contribution in [2.75, 3.05) is 32.7 Å². The van der Waals surface area contributed by atoms with Crippen LogP contribution in [0.25, 0.3) is 22.3 Å². The SMILES string of the molecule is Nc1ccc(C(=O)Nc2ccc(-c3ccc(NC(=O)c4ccc(C(=O)Nc5ccc(-c6ccc(NC(=O)c7ccc(N)cc7C(F)(F)F)cc6C(F)(F)F)c(C(F)(F)F)c5)cc4)cc3C(F)(F)F)c(C(F)(F)F)c2)c(C(F)(F)F)c1. The molecule has 7 aromatic carbocycles. The maximum atomic E-state index is 14.5. The van der Waals surface area contributed by atoms with Crippen LogP contribution in [0.4, 0.5) is 113 Å². The minimum atomic E-state index is -5.43. The van der Waals surface area contributed by atoms with Gasteiger partial charge in [-0.1, -0.05) is 24.3 Å². The number of nitrogens with one attached hydrogen (secondary N) is 4. The highest BCUT2D eigenvalue weighted by atomic mass is 19.4. The summed E-state index contributed by atoms with van der Waals surface area (Å²) in [5.74, 6) is -5.42. The first kappa shape index (κ1) is 58.4. The molecular weight excluding hydrogens is 1110 g/mol. The summed E-state index contributed by atoms with van der Waals surface area (Å²) in [7, 11) is 0. The lowest BCUT2D eigenvalue weighted by atomic mass is 9.93. The summed E-state index contributed by atoms with van der Waals surface area (Å²) >= 11 is 0. The Morgan fingerprint density at radius 2 is 0.500 bits per heavy atom. The number of nitrogen functional groups attached to an aromatic ring is 2. The summed E-state index contributed by atoms with van der Waals surface area (Å²) in [4.78, 5) is 52.0. The minimum Gasteiger partial charge on any atom is -0.399 e. The molecule has 0 fully saturated rings. The average molecular weight is 1140 g/mol. The molecule has 0 heterocycles. The van der Waals surface area contributed by atoms with Crippen molar-refractivity contribution in [3.8, 4) is 22.3 Å². The number of halogens is 18. The molecule has 7 aromatic rings. The van der Waals surface area contributed by atoms with Crippen LogP contribution in [-0.2, 0) is 37.1 Å². The number of anilines is 6. The smallest absolute Gasteiger partial charge is 0.399 e. The van der Waals surface area contributed by atoms with E-state index in [9.17, 15) is 98.2 Å². The van der Waals surface area contributed by atoms with Crippen molar-refractivity contribution in [1.82, 2.24) is 0 Å². The molecule has 7 rings (SSSR count). The molecule has 0 unspecified atom stereocenters. The van der Waals surface area contributed by atoms with Gasteiger partial charge in [0.05, 0.1) is 44.5 Å². The summed E-state index contributed by atoms with van der Waals surface area (Å²) in [6.07, 6.45) is -32.0.